The molecule has 2 aromatic carbocycles. The van der Waals surface area contributed by atoms with E-state index in [9.17, 15) is 5.11 Å². The van der Waals surface area contributed by atoms with Crippen molar-refractivity contribution in [2.24, 2.45) is 4.99 Å². The van der Waals surface area contributed by atoms with Gasteiger partial charge in [0.05, 0.1) is 5.71 Å². The summed E-state index contributed by atoms with van der Waals surface area (Å²) in [7, 11) is 1.78. The molecule has 0 unspecified atom stereocenters. The number of rotatable bonds is 3. The molecule has 0 bridgehead atoms. The third kappa shape index (κ3) is 3.10. The fourth-order valence-corrected chi connectivity index (χ4v) is 1.90. The van der Waals surface area contributed by atoms with E-state index in [1.165, 1.54) is 0 Å². The SMILES string of the molecule is CN=C(/C=C\c1cccc(O)c1C)c1ccccc1. The summed E-state index contributed by atoms with van der Waals surface area (Å²) < 4.78 is 0. The maximum absolute atomic E-state index is 9.68. The Morgan fingerprint density at radius 1 is 1.05 bits per heavy atom. The van der Waals surface area contributed by atoms with Crippen LogP contribution in [0.1, 0.15) is 16.7 Å². The van der Waals surface area contributed by atoms with Crippen LogP contribution in [0.25, 0.3) is 6.08 Å². The topological polar surface area (TPSA) is 32.6 Å². The lowest BCUT2D eigenvalue weighted by Gasteiger charge is -2.03. The Hall–Kier alpha value is -2.35. The van der Waals surface area contributed by atoms with Crippen molar-refractivity contribution >= 4 is 11.8 Å². The van der Waals surface area contributed by atoms with Crippen LogP contribution in [0.2, 0.25) is 0 Å². The zero-order valence-electron chi connectivity index (χ0n) is 11.2. The van der Waals surface area contributed by atoms with E-state index in [0.29, 0.717) is 5.75 Å². The summed E-state index contributed by atoms with van der Waals surface area (Å²) in [6.07, 6.45) is 3.95. The van der Waals surface area contributed by atoms with E-state index < -0.39 is 0 Å². The monoisotopic (exact) mass is 251 g/mol. The van der Waals surface area contributed by atoms with E-state index in [2.05, 4.69) is 4.99 Å². The van der Waals surface area contributed by atoms with E-state index in [0.717, 1.165) is 22.4 Å². The van der Waals surface area contributed by atoms with Crippen molar-refractivity contribution < 1.29 is 5.11 Å². The number of phenolic OH excluding ortho intramolecular Hbond substituents is 1. The number of aliphatic imine (C=N–C) groups is 1. The highest BCUT2D eigenvalue weighted by atomic mass is 16.3. The van der Waals surface area contributed by atoms with Crippen molar-refractivity contribution in [3.8, 4) is 5.75 Å². The lowest BCUT2D eigenvalue weighted by molar-refractivity contribution is 0.471. The summed E-state index contributed by atoms with van der Waals surface area (Å²) in [4.78, 5) is 4.29. The molecule has 2 rings (SSSR count). The summed E-state index contributed by atoms with van der Waals surface area (Å²) in [5, 5.41) is 9.68. The van der Waals surface area contributed by atoms with Gasteiger partial charge in [0.25, 0.3) is 0 Å². The Morgan fingerprint density at radius 2 is 1.79 bits per heavy atom. The molecule has 19 heavy (non-hydrogen) atoms. The summed E-state index contributed by atoms with van der Waals surface area (Å²) in [6.45, 7) is 1.90. The van der Waals surface area contributed by atoms with Gasteiger partial charge in [0, 0.05) is 7.05 Å². The second-order valence-corrected chi connectivity index (χ2v) is 4.30. The quantitative estimate of drug-likeness (QED) is 0.826. The molecule has 0 amide bonds. The second-order valence-electron chi connectivity index (χ2n) is 4.30. The third-order valence-electron chi connectivity index (χ3n) is 3.08. The van der Waals surface area contributed by atoms with Crippen molar-refractivity contribution in [2.45, 2.75) is 6.92 Å². The van der Waals surface area contributed by atoms with Gasteiger partial charge in [-0.1, -0.05) is 48.5 Å². The van der Waals surface area contributed by atoms with Crippen molar-refractivity contribution in [3.05, 3.63) is 71.3 Å². The van der Waals surface area contributed by atoms with Gasteiger partial charge in [0.15, 0.2) is 0 Å². The van der Waals surface area contributed by atoms with Crippen LogP contribution in [0.15, 0.2) is 59.6 Å². The average molecular weight is 251 g/mol. The fourth-order valence-electron chi connectivity index (χ4n) is 1.90. The maximum Gasteiger partial charge on any atom is 0.119 e. The first kappa shape index (κ1) is 13.1. The molecule has 0 aliphatic heterocycles. The van der Waals surface area contributed by atoms with E-state index in [4.69, 9.17) is 0 Å². The zero-order valence-corrected chi connectivity index (χ0v) is 11.2. The average Bonchev–Trinajstić information content (AvgIpc) is 2.45. The van der Waals surface area contributed by atoms with Crippen LogP contribution >= 0.6 is 0 Å². The Labute approximate surface area is 113 Å². The molecule has 2 aromatic rings. The van der Waals surface area contributed by atoms with Crippen molar-refractivity contribution in [1.29, 1.82) is 0 Å². The number of hydrogen-bond donors (Lipinski definition) is 1. The van der Waals surface area contributed by atoms with Gasteiger partial charge in [-0.25, -0.2) is 0 Å². The van der Waals surface area contributed by atoms with E-state index in [-0.39, 0.29) is 0 Å². The Morgan fingerprint density at radius 3 is 2.47 bits per heavy atom. The van der Waals surface area contributed by atoms with Crippen LogP contribution in [0.3, 0.4) is 0 Å². The molecular formula is C17H17NO. The van der Waals surface area contributed by atoms with Gasteiger partial charge in [0.2, 0.25) is 0 Å². The van der Waals surface area contributed by atoms with Crippen LogP contribution in [-0.2, 0) is 0 Å². The lowest BCUT2D eigenvalue weighted by Crippen LogP contribution is -1.95. The molecule has 0 aliphatic carbocycles. The molecule has 0 heterocycles. The minimum absolute atomic E-state index is 0.317. The van der Waals surface area contributed by atoms with Gasteiger partial charge in [-0.05, 0) is 35.8 Å². The minimum Gasteiger partial charge on any atom is -0.508 e. The summed E-state index contributed by atoms with van der Waals surface area (Å²) in [5.74, 6) is 0.317. The molecule has 0 radical (unpaired) electrons. The highest BCUT2D eigenvalue weighted by Crippen LogP contribution is 2.20. The van der Waals surface area contributed by atoms with Gasteiger partial charge >= 0.3 is 0 Å². The van der Waals surface area contributed by atoms with Crippen LogP contribution in [0.5, 0.6) is 5.75 Å². The molecule has 0 aliphatic rings. The largest absolute Gasteiger partial charge is 0.508 e. The molecular weight excluding hydrogens is 234 g/mol. The number of allylic oxidation sites excluding steroid dienone is 1. The van der Waals surface area contributed by atoms with E-state index in [1.54, 1.807) is 13.1 Å². The highest BCUT2D eigenvalue weighted by Gasteiger charge is 2.01. The van der Waals surface area contributed by atoms with Crippen molar-refractivity contribution in [2.75, 3.05) is 7.05 Å². The molecule has 96 valence electrons. The standard InChI is InChI=1S/C17H17NO/c1-13-14(9-6-10-17(13)19)11-12-16(18-2)15-7-4-3-5-8-15/h3-12,19H,1-2H3/b12-11-,18-16?. The molecule has 2 nitrogen and oxygen atoms in total. The summed E-state index contributed by atoms with van der Waals surface area (Å²) in [6, 6.07) is 15.5. The number of hydrogen-bond acceptors (Lipinski definition) is 2. The molecule has 0 saturated heterocycles. The van der Waals surface area contributed by atoms with Gasteiger partial charge in [-0.15, -0.1) is 0 Å². The number of nitrogens with zero attached hydrogens (tertiary/aromatic N) is 1. The van der Waals surface area contributed by atoms with Gasteiger partial charge in [0.1, 0.15) is 5.75 Å². The van der Waals surface area contributed by atoms with E-state index in [1.807, 2.05) is 61.5 Å². The minimum atomic E-state index is 0.317. The molecule has 0 atom stereocenters. The number of benzene rings is 2. The predicted octanol–water partition coefficient (Wildman–Crippen LogP) is 3.83. The molecule has 2 heteroatoms. The molecule has 0 spiro atoms. The first-order chi connectivity index (χ1) is 9.22. The van der Waals surface area contributed by atoms with Crippen LogP contribution in [-0.4, -0.2) is 17.9 Å². The van der Waals surface area contributed by atoms with Gasteiger partial charge in [-0.3, -0.25) is 4.99 Å². The summed E-state index contributed by atoms with van der Waals surface area (Å²) >= 11 is 0. The van der Waals surface area contributed by atoms with Crippen LogP contribution in [0, 0.1) is 6.92 Å². The smallest absolute Gasteiger partial charge is 0.119 e. The summed E-state index contributed by atoms with van der Waals surface area (Å²) in [5.41, 5.74) is 3.88. The first-order valence-electron chi connectivity index (χ1n) is 6.21. The third-order valence-corrected chi connectivity index (χ3v) is 3.08. The molecule has 0 saturated carbocycles. The number of phenols is 1. The molecule has 0 fully saturated rings. The van der Waals surface area contributed by atoms with E-state index >= 15 is 0 Å². The maximum atomic E-state index is 9.68. The fraction of sp³-hybridized carbons (Fsp3) is 0.118. The second kappa shape index (κ2) is 6.01. The number of aromatic hydroxyl groups is 1. The van der Waals surface area contributed by atoms with Crippen molar-refractivity contribution in [3.63, 3.8) is 0 Å². The zero-order chi connectivity index (χ0) is 13.7. The molecule has 0 aromatic heterocycles. The van der Waals surface area contributed by atoms with Crippen LogP contribution in [0.4, 0.5) is 0 Å². The Kier molecular flexibility index (Phi) is 4.14. The molecule has 1 N–H and O–H groups in total. The van der Waals surface area contributed by atoms with Crippen LogP contribution < -0.4 is 0 Å². The van der Waals surface area contributed by atoms with Gasteiger partial charge < -0.3 is 5.11 Å². The highest BCUT2D eigenvalue weighted by molar-refractivity contribution is 6.10. The Balaban J connectivity index is 2.29. The van der Waals surface area contributed by atoms with Gasteiger partial charge in [-0.2, -0.15) is 0 Å². The predicted molar refractivity (Wildman–Crippen MR) is 80.8 cm³/mol. The normalized spacial score (nSPS) is 12.0. The lowest BCUT2D eigenvalue weighted by atomic mass is 10.0. The first-order valence-corrected chi connectivity index (χ1v) is 6.21. The Bertz CT molecular complexity index is 612. The van der Waals surface area contributed by atoms with Crippen molar-refractivity contribution in [1.82, 2.24) is 0 Å².